The standard InChI is InChI=1S/C25H31N7O3/c1-15(2)22-23(16-10-19(34-5)25-26-14-27-32(25)11-16)29-18-7-6-17(28-24(18)22)20-12-31(8-9-35-20)21(33)13-30(3)4/h6-7,10-11,14-15,20,29H,8-9,12-13H2,1-5H3. The predicted molar refractivity (Wildman–Crippen MR) is 133 cm³/mol. The minimum atomic E-state index is -0.260. The average Bonchev–Trinajstić information content (AvgIpc) is 3.47. The molecule has 0 aliphatic carbocycles. The molecule has 1 atom stereocenters. The summed E-state index contributed by atoms with van der Waals surface area (Å²) in [4.78, 5) is 29.2. The molecule has 0 saturated carbocycles. The number of morpholine rings is 1. The Morgan fingerprint density at radius 2 is 2.17 bits per heavy atom. The number of nitrogens with one attached hydrogen (secondary N) is 1. The van der Waals surface area contributed by atoms with Gasteiger partial charge < -0.3 is 24.3 Å². The zero-order chi connectivity index (χ0) is 24.7. The molecular weight excluding hydrogens is 446 g/mol. The van der Waals surface area contributed by atoms with Crippen molar-refractivity contribution in [2.45, 2.75) is 25.9 Å². The van der Waals surface area contributed by atoms with Gasteiger partial charge in [0.25, 0.3) is 0 Å². The number of methoxy groups -OCH3 is 1. The van der Waals surface area contributed by atoms with Crippen LogP contribution in [0.4, 0.5) is 0 Å². The van der Waals surface area contributed by atoms with E-state index in [1.54, 1.807) is 11.6 Å². The van der Waals surface area contributed by atoms with Gasteiger partial charge in [-0.3, -0.25) is 4.79 Å². The molecule has 0 spiro atoms. The fraction of sp³-hybridized carbons (Fsp3) is 0.440. The number of hydrogen-bond acceptors (Lipinski definition) is 7. The van der Waals surface area contributed by atoms with Gasteiger partial charge in [-0.05, 0) is 38.2 Å². The van der Waals surface area contributed by atoms with Crippen molar-refractivity contribution in [1.82, 2.24) is 34.4 Å². The second-order valence-corrected chi connectivity index (χ2v) is 9.46. The number of aromatic nitrogens is 5. The Labute approximate surface area is 203 Å². The summed E-state index contributed by atoms with van der Waals surface area (Å²) < 4.78 is 13.3. The largest absolute Gasteiger partial charge is 0.493 e. The third kappa shape index (κ3) is 4.35. The maximum atomic E-state index is 12.6. The molecule has 5 rings (SSSR count). The fourth-order valence-electron chi connectivity index (χ4n) is 4.68. The van der Waals surface area contributed by atoms with E-state index in [9.17, 15) is 4.79 Å². The van der Waals surface area contributed by atoms with Crippen molar-refractivity contribution in [3.8, 4) is 17.0 Å². The highest BCUT2D eigenvalue weighted by Gasteiger charge is 2.28. The fourth-order valence-corrected chi connectivity index (χ4v) is 4.68. The molecular formula is C25H31N7O3. The maximum absolute atomic E-state index is 12.6. The first-order valence-corrected chi connectivity index (χ1v) is 11.8. The number of H-pyrrole nitrogens is 1. The molecule has 1 N–H and O–H groups in total. The van der Waals surface area contributed by atoms with E-state index in [0.29, 0.717) is 37.6 Å². The number of amides is 1. The Bertz CT molecular complexity index is 1370. The van der Waals surface area contributed by atoms with Crippen LogP contribution in [0.15, 0.2) is 30.7 Å². The zero-order valence-electron chi connectivity index (χ0n) is 20.8. The van der Waals surface area contributed by atoms with Crippen molar-refractivity contribution in [3.63, 3.8) is 0 Å². The summed E-state index contributed by atoms with van der Waals surface area (Å²) in [7, 11) is 5.43. The molecule has 1 saturated heterocycles. The Hall–Kier alpha value is -3.50. The van der Waals surface area contributed by atoms with E-state index in [4.69, 9.17) is 14.5 Å². The molecule has 4 aromatic heterocycles. The first-order valence-electron chi connectivity index (χ1n) is 11.8. The highest BCUT2D eigenvalue weighted by Crippen LogP contribution is 2.37. The zero-order valence-corrected chi connectivity index (χ0v) is 20.8. The van der Waals surface area contributed by atoms with Crippen LogP contribution in [-0.4, -0.2) is 87.7 Å². The highest BCUT2D eigenvalue weighted by atomic mass is 16.5. The molecule has 1 aliphatic heterocycles. The van der Waals surface area contributed by atoms with Crippen molar-refractivity contribution in [2.75, 3.05) is 47.4 Å². The normalized spacial score (nSPS) is 16.7. The van der Waals surface area contributed by atoms with E-state index < -0.39 is 0 Å². The van der Waals surface area contributed by atoms with Crippen molar-refractivity contribution >= 4 is 22.6 Å². The second-order valence-electron chi connectivity index (χ2n) is 9.46. The van der Waals surface area contributed by atoms with E-state index in [1.807, 2.05) is 48.3 Å². The van der Waals surface area contributed by atoms with Crippen LogP contribution in [0.2, 0.25) is 0 Å². The van der Waals surface area contributed by atoms with E-state index in [1.165, 1.54) is 6.33 Å². The van der Waals surface area contributed by atoms with Crippen molar-refractivity contribution in [1.29, 1.82) is 0 Å². The number of carbonyl (C=O) groups excluding carboxylic acids is 1. The van der Waals surface area contributed by atoms with Crippen LogP contribution in [0.1, 0.15) is 37.1 Å². The molecule has 1 aliphatic rings. The van der Waals surface area contributed by atoms with Crippen molar-refractivity contribution in [2.24, 2.45) is 0 Å². The highest BCUT2D eigenvalue weighted by molar-refractivity contribution is 5.89. The molecule has 1 unspecified atom stereocenters. The molecule has 4 aromatic rings. The molecule has 0 bridgehead atoms. The first kappa shape index (κ1) is 23.3. The molecule has 10 nitrogen and oxygen atoms in total. The minimum absolute atomic E-state index is 0.105. The number of nitrogens with zero attached hydrogens (tertiary/aromatic N) is 6. The van der Waals surface area contributed by atoms with E-state index >= 15 is 0 Å². The third-order valence-electron chi connectivity index (χ3n) is 6.33. The van der Waals surface area contributed by atoms with Gasteiger partial charge in [0.1, 0.15) is 12.4 Å². The Kier molecular flexibility index (Phi) is 6.16. The summed E-state index contributed by atoms with van der Waals surface area (Å²) in [5.41, 5.74) is 6.38. The van der Waals surface area contributed by atoms with Gasteiger partial charge in [0.15, 0.2) is 11.4 Å². The number of rotatable bonds is 6. The van der Waals surface area contributed by atoms with Gasteiger partial charge in [-0.15, -0.1) is 0 Å². The first-order chi connectivity index (χ1) is 16.9. The van der Waals surface area contributed by atoms with E-state index in [0.717, 1.165) is 33.5 Å². The summed E-state index contributed by atoms with van der Waals surface area (Å²) in [6.45, 7) is 6.30. The lowest BCUT2D eigenvalue weighted by Crippen LogP contribution is -2.45. The van der Waals surface area contributed by atoms with E-state index in [2.05, 4.69) is 28.9 Å². The van der Waals surface area contributed by atoms with Crippen molar-refractivity contribution in [3.05, 3.63) is 42.0 Å². The molecule has 1 amide bonds. The van der Waals surface area contributed by atoms with Gasteiger partial charge in [-0.2, -0.15) is 5.10 Å². The van der Waals surface area contributed by atoms with Crippen LogP contribution < -0.4 is 4.74 Å². The van der Waals surface area contributed by atoms with E-state index in [-0.39, 0.29) is 17.9 Å². The summed E-state index contributed by atoms with van der Waals surface area (Å²) in [5.74, 6) is 0.970. The lowest BCUT2D eigenvalue weighted by molar-refractivity contribution is -0.139. The third-order valence-corrected chi connectivity index (χ3v) is 6.33. The average molecular weight is 478 g/mol. The van der Waals surface area contributed by atoms with Crippen LogP contribution in [0, 0.1) is 0 Å². The monoisotopic (exact) mass is 477 g/mol. The van der Waals surface area contributed by atoms with Gasteiger partial charge in [0.05, 0.1) is 49.2 Å². The molecule has 35 heavy (non-hydrogen) atoms. The number of ether oxygens (including phenoxy) is 2. The predicted octanol–water partition coefficient (Wildman–Crippen LogP) is 2.87. The smallest absolute Gasteiger partial charge is 0.236 e. The summed E-state index contributed by atoms with van der Waals surface area (Å²) in [6.07, 6.45) is 3.20. The lowest BCUT2D eigenvalue weighted by Gasteiger charge is -2.33. The van der Waals surface area contributed by atoms with Crippen LogP contribution in [-0.2, 0) is 9.53 Å². The minimum Gasteiger partial charge on any atom is -0.493 e. The van der Waals surface area contributed by atoms with Gasteiger partial charge in [-0.1, -0.05) is 13.8 Å². The number of fused-ring (bicyclic) bond motifs is 2. The second kappa shape index (κ2) is 9.27. The maximum Gasteiger partial charge on any atom is 0.236 e. The van der Waals surface area contributed by atoms with Crippen LogP contribution in [0.3, 0.4) is 0 Å². The Balaban J connectivity index is 1.54. The van der Waals surface area contributed by atoms with Gasteiger partial charge in [0, 0.05) is 23.9 Å². The number of likely N-dealkylation sites (N-methyl/N-ethyl adjacent to an activating group) is 1. The van der Waals surface area contributed by atoms with Crippen molar-refractivity contribution < 1.29 is 14.3 Å². The number of carbonyl (C=O) groups is 1. The lowest BCUT2D eigenvalue weighted by atomic mass is 9.98. The number of aromatic amines is 1. The summed E-state index contributed by atoms with van der Waals surface area (Å²) in [6, 6.07) is 6.00. The molecule has 184 valence electrons. The van der Waals surface area contributed by atoms with Gasteiger partial charge in [-0.25, -0.2) is 14.5 Å². The molecule has 10 heteroatoms. The van der Waals surface area contributed by atoms with Crippen LogP contribution in [0.5, 0.6) is 5.75 Å². The van der Waals surface area contributed by atoms with Gasteiger partial charge in [0.2, 0.25) is 5.91 Å². The Morgan fingerprint density at radius 1 is 1.34 bits per heavy atom. The number of pyridine rings is 2. The van der Waals surface area contributed by atoms with Crippen LogP contribution in [0.25, 0.3) is 27.9 Å². The SMILES string of the molecule is COc1cc(-c2[nH]c3ccc(C4CN(C(=O)CN(C)C)CCO4)nc3c2C(C)C)cn2ncnc12. The Morgan fingerprint density at radius 3 is 2.91 bits per heavy atom. The molecule has 5 heterocycles. The number of hydrogen-bond donors (Lipinski definition) is 1. The molecule has 1 fully saturated rings. The topological polar surface area (TPSA) is 101 Å². The summed E-state index contributed by atoms with van der Waals surface area (Å²) in [5, 5.41) is 4.30. The summed E-state index contributed by atoms with van der Waals surface area (Å²) >= 11 is 0. The molecule has 0 aromatic carbocycles. The molecule has 0 radical (unpaired) electrons. The van der Waals surface area contributed by atoms with Crippen LogP contribution >= 0.6 is 0 Å². The quantitative estimate of drug-likeness (QED) is 0.456. The van der Waals surface area contributed by atoms with Gasteiger partial charge >= 0.3 is 0 Å².